The van der Waals surface area contributed by atoms with E-state index < -0.39 is 17.7 Å². The van der Waals surface area contributed by atoms with Gasteiger partial charge in [0.2, 0.25) is 5.91 Å². The number of rotatable bonds is 4. The van der Waals surface area contributed by atoms with Crippen LogP contribution in [0.3, 0.4) is 0 Å². The first-order chi connectivity index (χ1) is 10.4. The van der Waals surface area contributed by atoms with Gasteiger partial charge in [0.15, 0.2) is 11.6 Å². The van der Waals surface area contributed by atoms with Crippen LogP contribution in [0, 0.1) is 11.6 Å². The molecule has 2 rings (SSSR count). The van der Waals surface area contributed by atoms with Crippen LogP contribution in [-0.4, -0.2) is 35.9 Å². The molecule has 0 aliphatic carbocycles. The van der Waals surface area contributed by atoms with Crippen molar-refractivity contribution >= 4 is 5.91 Å². The monoisotopic (exact) mass is 305 g/mol. The Labute approximate surface area is 127 Å². The fourth-order valence-corrected chi connectivity index (χ4v) is 2.08. The summed E-state index contributed by atoms with van der Waals surface area (Å²) >= 11 is 0. The summed E-state index contributed by atoms with van der Waals surface area (Å²) in [5.74, 6) is -2.02. The van der Waals surface area contributed by atoms with E-state index in [0.29, 0.717) is 12.1 Å². The number of nitrogens with zero attached hydrogens (tertiary/aromatic N) is 2. The fourth-order valence-electron chi connectivity index (χ4n) is 2.08. The molecule has 0 radical (unpaired) electrons. The van der Waals surface area contributed by atoms with Crippen LogP contribution in [0.1, 0.15) is 5.56 Å². The third-order valence-corrected chi connectivity index (χ3v) is 3.27. The number of carbonyl (C=O) groups excluding carboxylic acids is 1. The predicted molar refractivity (Wildman–Crippen MR) is 80.0 cm³/mol. The highest BCUT2D eigenvalue weighted by Crippen LogP contribution is 2.22. The maximum absolute atomic E-state index is 13.7. The van der Waals surface area contributed by atoms with Crippen LogP contribution in [0.5, 0.6) is 0 Å². The second-order valence-corrected chi connectivity index (χ2v) is 5.20. The van der Waals surface area contributed by atoms with Gasteiger partial charge in [-0.2, -0.15) is 0 Å². The number of likely N-dealkylation sites (N-methyl/N-ethyl adjacent to an activating group) is 1. The van der Waals surface area contributed by atoms with Gasteiger partial charge in [0, 0.05) is 25.9 Å². The van der Waals surface area contributed by atoms with Gasteiger partial charge >= 0.3 is 0 Å². The van der Waals surface area contributed by atoms with Crippen LogP contribution < -0.4 is 5.73 Å². The molecule has 0 aliphatic rings. The molecule has 1 unspecified atom stereocenters. The number of hydrogen-bond acceptors (Lipinski definition) is 3. The molecule has 0 fully saturated rings. The molecule has 1 amide bonds. The van der Waals surface area contributed by atoms with E-state index in [1.54, 1.807) is 26.2 Å². The normalized spacial score (nSPS) is 12.0. The van der Waals surface area contributed by atoms with Crippen molar-refractivity contribution in [3.63, 3.8) is 0 Å². The van der Waals surface area contributed by atoms with E-state index >= 15 is 0 Å². The summed E-state index contributed by atoms with van der Waals surface area (Å²) in [6, 6.07) is 6.57. The topological polar surface area (TPSA) is 59.2 Å². The van der Waals surface area contributed by atoms with Crippen LogP contribution in [0.25, 0.3) is 11.3 Å². The fraction of sp³-hybridized carbons (Fsp3) is 0.250. The lowest BCUT2D eigenvalue weighted by molar-refractivity contribution is -0.130. The van der Waals surface area contributed by atoms with Crippen LogP contribution in [0.2, 0.25) is 0 Å². The minimum absolute atomic E-state index is 0.0974. The van der Waals surface area contributed by atoms with Crippen LogP contribution in [0.4, 0.5) is 8.78 Å². The Morgan fingerprint density at radius 3 is 2.59 bits per heavy atom. The van der Waals surface area contributed by atoms with Crippen LogP contribution >= 0.6 is 0 Å². The van der Waals surface area contributed by atoms with Crippen molar-refractivity contribution in [3.05, 3.63) is 53.7 Å². The smallest absolute Gasteiger partial charge is 0.239 e. The number of pyridine rings is 1. The summed E-state index contributed by atoms with van der Waals surface area (Å²) in [4.78, 5) is 17.3. The van der Waals surface area contributed by atoms with E-state index in [2.05, 4.69) is 4.98 Å². The molecule has 1 aromatic heterocycles. The Kier molecular flexibility index (Phi) is 4.82. The lowest BCUT2D eigenvalue weighted by Crippen LogP contribution is -2.41. The SMILES string of the molecule is CN(C)C(=O)C(N)Cc1ccc(-c2cccc(F)c2F)nc1. The molecule has 4 nitrogen and oxygen atoms in total. The number of amides is 1. The van der Waals surface area contributed by atoms with Gasteiger partial charge in [0.1, 0.15) is 0 Å². The number of nitrogens with two attached hydrogens (primary N) is 1. The molecule has 22 heavy (non-hydrogen) atoms. The minimum atomic E-state index is -0.928. The Hall–Kier alpha value is -2.34. The van der Waals surface area contributed by atoms with E-state index in [1.165, 1.54) is 23.2 Å². The first-order valence-electron chi connectivity index (χ1n) is 6.76. The first kappa shape index (κ1) is 16.0. The lowest BCUT2D eigenvalue weighted by Gasteiger charge is -2.16. The van der Waals surface area contributed by atoms with E-state index in [4.69, 9.17) is 5.73 Å². The van der Waals surface area contributed by atoms with Crippen molar-refractivity contribution < 1.29 is 13.6 Å². The molecular weight excluding hydrogens is 288 g/mol. The average molecular weight is 305 g/mol. The molecule has 2 aromatic rings. The Balaban J connectivity index is 2.17. The highest BCUT2D eigenvalue weighted by Gasteiger charge is 2.16. The highest BCUT2D eigenvalue weighted by molar-refractivity contribution is 5.81. The number of benzene rings is 1. The maximum Gasteiger partial charge on any atom is 0.239 e. The van der Waals surface area contributed by atoms with E-state index in [9.17, 15) is 13.6 Å². The standard InChI is InChI=1S/C16H17F2N3O/c1-21(2)16(22)13(19)8-10-6-7-14(20-9-10)11-4-3-5-12(17)15(11)18/h3-7,9,13H,8,19H2,1-2H3. The molecule has 0 aliphatic heterocycles. The molecule has 1 aromatic carbocycles. The average Bonchev–Trinajstić information content (AvgIpc) is 2.50. The van der Waals surface area contributed by atoms with Crippen molar-refractivity contribution in [2.24, 2.45) is 5.73 Å². The van der Waals surface area contributed by atoms with Crippen molar-refractivity contribution in [2.45, 2.75) is 12.5 Å². The molecule has 1 heterocycles. The van der Waals surface area contributed by atoms with E-state index in [0.717, 1.165) is 11.6 Å². The number of halogens is 2. The summed E-state index contributed by atoms with van der Waals surface area (Å²) < 4.78 is 26.9. The molecule has 0 saturated carbocycles. The largest absolute Gasteiger partial charge is 0.347 e. The molecular formula is C16H17F2N3O. The van der Waals surface area contributed by atoms with Gasteiger partial charge in [0.05, 0.1) is 11.7 Å². The third kappa shape index (κ3) is 3.46. The Morgan fingerprint density at radius 1 is 1.27 bits per heavy atom. The molecule has 0 saturated heterocycles. The first-order valence-corrected chi connectivity index (χ1v) is 6.76. The predicted octanol–water partition coefficient (Wildman–Crippen LogP) is 1.98. The van der Waals surface area contributed by atoms with Crippen LogP contribution in [0.15, 0.2) is 36.5 Å². The van der Waals surface area contributed by atoms with Crippen LogP contribution in [-0.2, 0) is 11.2 Å². The van der Waals surface area contributed by atoms with Gasteiger partial charge in [-0.1, -0.05) is 12.1 Å². The number of aromatic nitrogens is 1. The summed E-state index contributed by atoms with van der Waals surface area (Å²) in [6.07, 6.45) is 1.85. The van der Waals surface area contributed by atoms with Crippen molar-refractivity contribution in [1.29, 1.82) is 0 Å². The van der Waals surface area contributed by atoms with Gasteiger partial charge < -0.3 is 10.6 Å². The summed E-state index contributed by atoms with van der Waals surface area (Å²) in [5.41, 5.74) is 6.99. The lowest BCUT2D eigenvalue weighted by atomic mass is 10.1. The van der Waals surface area contributed by atoms with Gasteiger partial charge in [-0.3, -0.25) is 9.78 Å². The Bertz CT molecular complexity index is 672. The molecule has 1 atom stereocenters. The molecule has 116 valence electrons. The van der Waals surface area contributed by atoms with E-state index in [1.807, 2.05) is 0 Å². The summed E-state index contributed by atoms with van der Waals surface area (Å²) in [6.45, 7) is 0. The zero-order valence-electron chi connectivity index (χ0n) is 12.4. The number of hydrogen-bond donors (Lipinski definition) is 1. The third-order valence-electron chi connectivity index (χ3n) is 3.27. The highest BCUT2D eigenvalue weighted by atomic mass is 19.2. The summed E-state index contributed by atoms with van der Waals surface area (Å²) in [5, 5.41) is 0. The maximum atomic E-state index is 13.7. The second kappa shape index (κ2) is 6.62. The zero-order valence-corrected chi connectivity index (χ0v) is 12.4. The van der Waals surface area contributed by atoms with E-state index in [-0.39, 0.29) is 11.5 Å². The zero-order chi connectivity index (χ0) is 16.3. The quantitative estimate of drug-likeness (QED) is 0.939. The minimum Gasteiger partial charge on any atom is -0.347 e. The molecule has 6 heteroatoms. The second-order valence-electron chi connectivity index (χ2n) is 5.20. The van der Waals surface area contributed by atoms with Crippen molar-refractivity contribution in [1.82, 2.24) is 9.88 Å². The molecule has 0 bridgehead atoms. The molecule has 0 spiro atoms. The summed E-state index contributed by atoms with van der Waals surface area (Å²) in [7, 11) is 3.27. The van der Waals surface area contributed by atoms with Gasteiger partial charge in [-0.25, -0.2) is 8.78 Å². The van der Waals surface area contributed by atoms with Crippen molar-refractivity contribution in [3.8, 4) is 11.3 Å². The Morgan fingerprint density at radius 2 is 2.00 bits per heavy atom. The molecule has 2 N–H and O–H groups in total. The van der Waals surface area contributed by atoms with Crippen molar-refractivity contribution in [2.75, 3.05) is 14.1 Å². The van der Waals surface area contributed by atoms with Gasteiger partial charge in [0.25, 0.3) is 0 Å². The number of carbonyl (C=O) groups is 1. The van der Waals surface area contributed by atoms with Gasteiger partial charge in [-0.05, 0) is 30.2 Å². The van der Waals surface area contributed by atoms with Gasteiger partial charge in [-0.15, -0.1) is 0 Å².